The summed E-state index contributed by atoms with van der Waals surface area (Å²) in [5.41, 5.74) is 6.74. The van der Waals surface area contributed by atoms with Gasteiger partial charge in [0.2, 0.25) is 0 Å². The lowest BCUT2D eigenvalue weighted by molar-refractivity contribution is 0.0996. The summed E-state index contributed by atoms with van der Waals surface area (Å²) >= 11 is 11.9. The largest absolute Gasteiger partial charge is 0.489 e. The number of primary amides is 1. The van der Waals surface area contributed by atoms with Crippen LogP contribution < -0.4 is 10.5 Å². The van der Waals surface area contributed by atoms with E-state index in [1.165, 1.54) is 6.07 Å². The molecular weight excluding hydrogens is 438 g/mol. The molecule has 3 N–H and O–H groups in total. The van der Waals surface area contributed by atoms with Gasteiger partial charge in [0.15, 0.2) is 0 Å². The number of amides is 1. The van der Waals surface area contributed by atoms with Crippen LogP contribution >= 0.6 is 23.2 Å². The van der Waals surface area contributed by atoms with Crippen LogP contribution in [0.5, 0.6) is 5.75 Å². The van der Waals surface area contributed by atoms with Gasteiger partial charge in [0.05, 0.1) is 5.56 Å². The van der Waals surface area contributed by atoms with Crippen molar-refractivity contribution < 1.29 is 18.1 Å². The summed E-state index contributed by atoms with van der Waals surface area (Å²) in [6.07, 6.45) is 4.05. The summed E-state index contributed by atoms with van der Waals surface area (Å²) < 4.78 is 36.2. The highest BCUT2D eigenvalue weighted by atomic mass is 35.5. The third-order valence-corrected chi connectivity index (χ3v) is 6.08. The summed E-state index contributed by atoms with van der Waals surface area (Å²) in [7, 11) is -1.26. The normalized spacial score (nSPS) is 15.6. The minimum atomic E-state index is -1.26. The molecule has 29 heavy (non-hydrogen) atoms. The second kappa shape index (κ2) is 9.32. The van der Waals surface area contributed by atoms with Crippen molar-refractivity contribution in [2.24, 2.45) is 5.73 Å². The van der Waals surface area contributed by atoms with Crippen LogP contribution in [0.3, 0.4) is 0 Å². The van der Waals surface area contributed by atoms with Gasteiger partial charge in [-0.2, -0.15) is 10.6 Å². The maximum atomic E-state index is 14.0. The smallest absolute Gasteiger partial charge is 0.251 e. The van der Waals surface area contributed by atoms with Crippen molar-refractivity contribution in [2.45, 2.75) is 43.5 Å². The Morgan fingerprint density at radius 1 is 1.14 bits per heavy atom. The minimum absolute atomic E-state index is 0.0820. The Morgan fingerprint density at radius 3 is 2.21 bits per heavy atom. The van der Waals surface area contributed by atoms with E-state index in [0.717, 1.165) is 31.2 Å². The first-order chi connectivity index (χ1) is 13.7. The molecule has 0 spiro atoms. The Bertz CT molecular complexity index is 977. The average molecular weight is 458 g/mol. The summed E-state index contributed by atoms with van der Waals surface area (Å²) in [4.78, 5) is 11.3. The van der Waals surface area contributed by atoms with Gasteiger partial charge in [-0.15, -0.1) is 0 Å². The molecule has 0 unspecified atom stereocenters. The zero-order valence-electron chi connectivity index (χ0n) is 15.4. The number of nitrogens with two attached hydrogens (primary N) is 1. The minimum Gasteiger partial charge on any atom is -0.489 e. The SMILES string of the molecule is N=[S-](=O)C1CC1.NC(=O)c1cc(C2CC2)c(COc2cc(Cl)cc(Cl)c2)cc1F. The van der Waals surface area contributed by atoms with Crippen molar-refractivity contribution in [1.29, 1.82) is 4.78 Å². The van der Waals surface area contributed by atoms with Gasteiger partial charge in [0.25, 0.3) is 5.91 Å². The zero-order chi connectivity index (χ0) is 21.1. The standard InChI is InChI=1S/C17H14Cl2FNO2.C3H6NOS/c18-11-4-12(19)6-13(5-11)23-8-10-3-16(20)15(17(21)22)7-14(10)9-1-2-9;4-6(5)3-1-2-3/h3-7,9H,1-2,8H2,(H2,21,22);3-4H,1-2H2/q;-1. The van der Waals surface area contributed by atoms with E-state index in [0.29, 0.717) is 27.3 Å². The lowest BCUT2D eigenvalue weighted by Gasteiger charge is -2.13. The summed E-state index contributed by atoms with van der Waals surface area (Å²) in [5.74, 6) is -0.568. The van der Waals surface area contributed by atoms with Crippen LogP contribution in [0.4, 0.5) is 4.39 Å². The van der Waals surface area contributed by atoms with Crippen molar-refractivity contribution in [3.8, 4) is 5.75 Å². The summed E-state index contributed by atoms with van der Waals surface area (Å²) in [6.45, 7) is 0.165. The van der Waals surface area contributed by atoms with Gasteiger partial charge < -0.3 is 19.5 Å². The van der Waals surface area contributed by atoms with Crippen LogP contribution in [0.1, 0.15) is 53.1 Å². The Hall–Kier alpha value is -1.83. The molecule has 0 saturated heterocycles. The number of carbonyl (C=O) groups is 1. The predicted molar refractivity (Wildman–Crippen MR) is 111 cm³/mol. The number of rotatable bonds is 6. The number of hydrogen-bond acceptors (Lipinski definition) is 5. The monoisotopic (exact) mass is 457 g/mol. The first-order valence-electron chi connectivity index (χ1n) is 9.07. The molecule has 0 radical (unpaired) electrons. The third kappa shape index (κ3) is 6.32. The molecule has 4 rings (SSSR count). The molecule has 0 atom stereocenters. The summed E-state index contributed by atoms with van der Waals surface area (Å²) in [6, 6.07) is 7.74. The van der Waals surface area contributed by atoms with Crippen LogP contribution in [0.15, 0.2) is 30.3 Å². The van der Waals surface area contributed by atoms with E-state index in [4.69, 9.17) is 38.5 Å². The Labute approximate surface area is 180 Å². The number of benzene rings is 2. The summed E-state index contributed by atoms with van der Waals surface area (Å²) in [5, 5.41) is 1.17. The van der Waals surface area contributed by atoms with Gasteiger partial charge in [-0.25, -0.2) is 4.39 Å². The van der Waals surface area contributed by atoms with Crippen molar-refractivity contribution in [1.82, 2.24) is 0 Å². The molecule has 1 amide bonds. The van der Waals surface area contributed by atoms with Crippen molar-refractivity contribution in [3.63, 3.8) is 0 Å². The van der Waals surface area contributed by atoms with Crippen LogP contribution in [0.2, 0.25) is 10.0 Å². The molecule has 2 aromatic carbocycles. The quantitative estimate of drug-likeness (QED) is 0.555. The first-order valence-corrected chi connectivity index (χ1v) is 11.0. The Kier molecular flexibility index (Phi) is 7.03. The molecule has 156 valence electrons. The number of carbonyl (C=O) groups excluding carboxylic acids is 1. The molecule has 0 bridgehead atoms. The van der Waals surface area contributed by atoms with E-state index in [2.05, 4.69) is 0 Å². The molecule has 2 fully saturated rings. The third-order valence-electron chi connectivity index (χ3n) is 4.57. The van der Waals surface area contributed by atoms with E-state index in [9.17, 15) is 13.4 Å². The topological polar surface area (TPSA) is 93.2 Å². The lowest BCUT2D eigenvalue weighted by atomic mass is 9.99. The Balaban J connectivity index is 0.000000343. The van der Waals surface area contributed by atoms with Crippen molar-refractivity contribution in [3.05, 3.63) is 62.9 Å². The molecule has 2 aliphatic rings. The van der Waals surface area contributed by atoms with Crippen LogP contribution in [-0.2, 0) is 21.4 Å². The van der Waals surface area contributed by atoms with Gasteiger partial charge in [0.1, 0.15) is 18.2 Å². The van der Waals surface area contributed by atoms with Crippen LogP contribution in [0, 0.1) is 10.6 Å². The van der Waals surface area contributed by atoms with Crippen molar-refractivity contribution >= 4 is 39.7 Å². The number of ether oxygens (including phenoxy) is 1. The van der Waals surface area contributed by atoms with E-state index in [1.54, 1.807) is 24.3 Å². The molecule has 0 aliphatic heterocycles. The van der Waals surface area contributed by atoms with Gasteiger partial charge in [-0.05, 0) is 60.2 Å². The average Bonchev–Trinajstić information content (AvgIpc) is 3.52. The Morgan fingerprint density at radius 2 is 1.76 bits per heavy atom. The predicted octanol–water partition coefficient (Wildman–Crippen LogP) is 5.56. The molecule has 9 heteroatoms. The van der Waals surface area contributed by atoms with E-state index in [-0.39, 0.29) is 17.4 Å². The fourth-order valence-electron chi connectivity index (χ4n) is 2.77. The second-order valence-electron chi connectivity index (χ2n) is 7.06. The molecule has 2 aromatic rings. The van der Waals surface area contributed by atoms with Gasteiger partial charge in [-0.3, -0.25) is 4.79 Å². The molecule has 0 heterocycles. The van der Waals surface area contributed by atoms with Crippen LogP contribution in [0.25, 0.3) is 0 Å². The fourth-order valence-corrected chi connectivity index (χ4v) is 3.84. The maximum Gasteiger partial charge on any atom is 0.251 e. The highest BCUT2D eigenvalue weighted by Gasteiger charge is 2.28. The van der Waals surface area contributed by atoms with Gasteiger partial charge >= 0.3 is 0 Å². The number of halogens is 3. The molecule has 2 saturated carbocycles. The first kappa shape index (κ1) is 21.9. The number of nitrogens with one attached hydrogen (secondary N) is 1. The second-order valence-corrected chi connectivity index (χ2v) is 9.19. The molecular formula is C20H20Cl2FN2O3S-. The van der Waals surface area contributed by atoms with E-state index >= 15 is 0 Å². The van der Waals surface area contributed by atoms with Gasteiger partial charge in [-0.1, -0.05) is 41.3 Å². The van der Waals surface area contributed by atoms with Gasteiger partial charge in [0, 0.05) is 10.0 Å². The van der Waals surface area contributed by atoms with E-state index in [1.807, 2.05) is 0 Å². The zero-order valence-corrected chi connectivity index (χ0v) is 17.7. The highest BCUT2D eigenvalue weighted by molar-refractivity contribution is 7.74. The van der Waals surface area contributed by atoms with Crippen LogP contribution in [-0.4, -0.2) is 11.2 Å². The molecule has 5 nitrogen and oxygen atoms in total. The number of hydrogen-bond donors (Lipinski definition) is 2. The lowest BCUT2D eigenvalue weighted by Crippen LogP contribution is -2.15. The molecule has 0 aromatic heterocycles. The van der Waals surface area contributed by atoms with E-state index < -0.39 is 22.3 Å². The molecule has 2 aliphatic carbocycles. The maximum absolute atomic E-state index is 14.0. The fraction of sp³-hybridized carbons (Fsp3) is 0.350. The highest BCUT2D eigenvalue weighted by Crippen LogP contribution is 2.42. The van der Waals surface area contributed by atoms with Crippen molar-refractivity contribution in [2.75, 3.05) is 0 Å².